The van der Waals surface area contributed by atoms with E-state index in [1.54, 1.807) is 23.8 Å². The number of rotatable bonds is 2. The average Bonchev–Trinajstić information content (AvgIpc) is 3.03. The minimum Gasteiger partial charge on any atom is -0.310 e. The van der Waals surface area contributed by atoms with Gasteiger partial charge in [-0.1, -0.05) is 6.07 Å². The first-order valence-electron chi connectivity index (χ1n) is 7.12. The molecule has 4 aromatic heterocycles. The molecular weight excluding hydrogens is 296 g/mol. The number of H-pyrrole nitrogens is 1. The van der Waals surface area contributed by atoms with E-state index in [1.165, 1.54) is 4.57 Å². The highest BCUT2D eigenvalue weighted by Crippen LogP contribution is 2.17. The smallest absolute Gasteiger partial charge is 0.310 e. The number of nitrogens with zero attached hydrogens (tertiary/aromatic N) is 5. The van der Waals surface area contributed by atoms with Gasteiger partial charge in [0.25, 0.3) is 5.56 Å². The third kappa shape index (κ3) is 1.91. The summed E-state index contributed by atoms with van der Waals surface area (Å²) in [6.45, 7) is 2.54. The van der Waals surface area contributed by atoms with Crippen molar-refractivity contribution in [3.63, 3.8) is 0 Å². The molecule has 0 bridgehead atoms. The molecule has 0 aliphatic heterocycles. The van der Waals surface area contributed by atoms with E-state index in [0.29, 0.717) is 23.5 Å². The van der Waals surface area contributed by atoms with Gasteiger partial charge < -0.3 is 4.57 Å². The van der Waals surface area contributed by atoms with Gasteiger partial charge >= 0.3 is 5.69 Å². The van der Waals surface area contributed by atoms with Crippen molar-refractivity contribution in [1.29, 1.82) is 0 Å². The number of hydrogen-bond donors (Lipinski definition) is 1. The second-order valence-corrected chi connectivity index (χ2v) is 5.49. The molecule has 0 saturated heterocycles. The fourth-order valence-electron chi connectivity index (χ4n) is 2.79. The molecule has 0 radical (unpaired) electrons. The number of imidazole rings is 2. The Morgan fingerprint density at radius 3 is 2.87 bits per heavy atom. The van der Waals surface area contributed by atoms with Gasteiger partial charge in [-0.05, 0) is 18.6 Å². The highest BCUT2D eigenvalue weighted by molar-refractivity contribution is 5.75. The van der Waals surface area contributed by atoms with Crippen LogP contribution in [0.1, 0.15) is 11.3 Å². The summed E-state index contributed by atoms with van der Waals surface area (Å²) in [6.07, 6.45) is 5.36. The maximum atomic E-state index is 12.2. The standard InChI is InChI=1S/C15H14N6O2/c1-9-7-21-11-12(19(2)15(23)18-13(11)22)17-14(21)20(9)8-10-4-3-5-16-6-10/h3-7H,8H2,1-2H3,(H,18,22,23). The van der Waals surface area contributed by atoms with Crippen molar-refractivity contribution in [3.8, 4) is 0 Å². The normalized spacial score (nSPS) is 11.6. The molecule has 0 aliphatic carbocycles. The van der Waals surface area contributed by atoms with E-state index in [-0.39, 0.29) is 0 Å². The van der Waals surface area contributed by atoms with Crippen LogP contribution in [0.25, 0.3) is 16.9 Å². The lowest BCUT2D eigenvalue weighted by molar-refractivity contribution is 0.785. The van der Waals surface area contributed by atoms with E-state index in [2.05, 4.69) is 15.0 Å². The van der Waals surface area contributed by atoms with Gasteiger partial charge in [0, 0.05) is 31.3 Å². The minimum atomic E-state index is -0.473. The highest BCUT2D eigenvalue weighted by Gasteiger charge is 2.17. The Bertz CT molecular complexity index is 1150. The Balaban J connectivity index is 2.03. The predicted octanol–water partition coefficient (Wildman–Crippen LogP) is 0.428. The molecule has 0 saturated carbocycles. The van der Waals surface area contributed by atoms with Crippen LogP contribution in [-0.4, -0.2) is 28.5 Å². The second kappa shape index (κ2) is 4.67. The number of aryl methyl sites for hydroxylation is 2. The van der Waals surface area contributed by atoms with Gasteiger partial charge in [-0.2, -0.15) is 4.98 Å². The van der Waals surface area contributed by atoms with Crippen molar-refractivity contribution in [2.75, 3.05) is 0 Å². The van der Waals surface area contributed by atoms with Gasteiger partial charge in [0.15, 0.2) is 11.2 Å². The molecule has 1 N–H and O–H groups in total. The molecule has 0 spiro atoms. The summed E-state index contributed by atoms with van der Waals surface area (Å²) in [7, 11) is 1.59. The molecule has 4 heterocycles. The SMILES string of the molecule is Cc1cn2c3c(=O)[nH]c(=O)n(C)c3nc2n1Cc1cccnc1. The molecule has 116 valence electrons. The molecule has 0 aromatic carbocycles. The van der Waals surface area contributed by atoms with Crippen LogP contribution in [0.3, 0.4) is 0 Å². The topological polar surface area (TPSA) is 90.0 Å². The first-order chi connectivity index (χ1) is 11.1. The average molecular weight is 310 g/mol. The molecule has 8 heteroatoms. The molecule has 8 nitrogen and oxygen atoms in total. The molecule has 0 atom stereocenters. The lowest BCUT2D eigenvalue weighted by atomic mass is 10.3. The van der Waals surface area contributed by atoms with Crippen molar-refractivity contribution in [1.82, 2.24) is 28.5 Å². The summed E-state index contributed by atoms with van der Waals surface area (Å²) in [5.41, 5.74) is 1.83. The van der Waals surface area contributed by atoms with Crippen molar-refractivity contribution in [2.45, 2.75) is 13.5 Å². The van der Waals surface area contributed by atoms with Gasteiger partial charge in [-0.15, -0.1) is 0 Å². The van der Waals surface area contributed by atoms with Crippen LogP contribution in [0.5, 0.6) is 0 Å². The first-order valence-corrected chi connectivity index (χ1v) is 7.12. The maximum Gasteiger partial charge on any atom is 0.329 e. The highest BCUT2D eigenvalue weighted by atomic mass is 16.2. The van der Waals surface area contributed by atoms with E-state index in [9.17, 15) is 9.59 Å². The predicted molar refractivity (Wildman–Crippen MR) is 84.6 cm³/mol. The summed E-state index contributed by atoms with van der Waals surface area (Å²) in [5.74, 6) is 0.619. The van der Waals surface area contributed by atoms with E-state index in [0.717, 1.165) is 11.3 Å². The van der Waals surface area contributed by atoms with Crippen LogP contribution in [0, 0.1) is 6.92 Å². The Morgan fingerprint density at radius 1 is 1.30 bits per heavy atom. The summed E-state index contributed by atoms with van der Waals surface area (Å²) >= 11 is 0. The number of aromatic amines is 1. The third-order valence-corrected chi connectivity index (χ3v) is 3.98. The fourth-order valence-corrected chi connectivity index (χ4v) is 2.79. The van der Waals surface area contributed by atoms with Crippen LogP contribution >= 0.6 is 0 Å². The van der Waals surface area contributed by atoms with Crippen LogP contribution in [-0.2, 0) is 13.6 Å². The van der Waals surface area contributed by atoms with Crippen molar-refractivity contribution in [2.24, 2.45) is 7.05 Å². The van der Waals surface area contributed by atoms with Crippen LogP contribution < -0.4 is 11.2 Å². The number of hydrogen-bond acceptors (Lipinski definition) is 4. The molecule has 4 rings (SSSR count). The van der Waals surface area contributed by atoms with Crippen molar-refractivity contribution >= 4 is 16.9 Å². The number of fused-ring (bicyclic) bond motifs is 3. The van der Waals surface area contributed by atoms with Gasteiger partial charge in [0.1, 0.15) is 0 Å². The monoisotopic (exact) mass is 310 g/mol. The maximum absolute atomic E-state index is 12.2. The van der Waals surface area contributed by atoms with Crippen molar-refractivity contribution < 1.29 is 0 Å². The van der Waals surface area contributed by atoms with Gasteiger partial charge in [-0.3, -0.25) is 23.7 Å². The summed E-state index contributed by atoms with van der Waals surface area (Å²) in [5, 5.41) is 0. The largest absolute Gasteiger partial charge is 0.329 e. The van der Waals surface area contributed by atoms with Crippen LogP contribution in [0.2, 0.25) is 0 Å². The molecule has 4 aromatic rings. The summed E-state index contributed by atoms with van der Waals surface area (Å²) < 4.78 is 5.05. The van der Waals surface area contributed by atoms with Crippen LogP contribution in [0.15, 0.2) is 40.3 Å². The second-order valence-electron chi connectivity index (χ2n) is 5.49. The molecular formula is C15H14N6O2. The number of pyridine rings is 1. The van der Waals surface area contributed by atoms with Gasteiger partial charge in [0.05, 0.1) is 6.54 Å². The quantitative estimate of drug-likeness (QED) is 0.581. The van der Waals surface area contributed by atoms with E-state index in [1.807, 2.05) is 29.8 Å². The Morgan fingerprint density at radius 2 is 2.13 bits per heavy atom. The zero-order valence-corrected chi connectivity index (χ0v) is 12.6. The summed E-state index contributed by atoms with van der Waals surface area (Å²) in [6, 6.07) is 3.86. The van der Waals surface area contributed by atoms with E-state index >= 15 is 0 Å². The third-order valence-electron chi connectivity index (χ3n) is 3.98. The van der Waals surface area contributed by atoms with Gasteiger partial charge in [-0.25, -0.2) is 4.79 Å². The molecule has 0 amide bonds. The van der Waals surface area contributed by atoms with Crippen molar-refractivity contribution in [3.05, 3.63) is 62.8 Å². The molecule has 23 heavy (non-hydrogen) atoms. The number of aromatic nitrogens is 6. The molecule has 0 unspecified atom stereocenters. The van der Waals surface area contributed by atoms with E-state index in [4.69, 9.17) is 0 Å². The minimum absolute atomic E-state index is 0.369. The zero-order valence-electron chi connectivity index (χ0n) is 12.6. The lowest BCUT2D eigenvalue weighted by Crippen LogP contribution is -2.28. The number of nitrogens with one attached hydrogen (secondary N) is 1. The first kappa shape index (κ1) is 13.5. The van der Waals surface area contributed by atoms with E-state index < -0.39 is 11.2 Å². The van der Waals surface area contributed by atoms with Gasteiger partial charge in [0.2, 0.25) is 5.78 Å². The zero-order chi connectivity index (χ0) is 16.1. The molecule has 0 fully saturated rings. The lowest BCUT2D eigenvalue weighted by Gasteiger charge is -2.05. The fraction of sp³-hybridized carbons (Fsp3) is 0.200. The summed E-state index contributed by atoms with van der Waals surface area (Å²) in [4.78, 5) is 34.8. The Hall–Kier alpha value is -3.16. The Labute approximate surface area is 129 Å². The van der Waals surface area contributed by atoms with Crippen LogP contribution in [0.4, 0.5) is 0 Å². The molecule has 0 aliphatic rings. The Kier molecular flexibility index (Phi) is 2.74.